The van der Waals surface area contributed by atoms with Crippen molar-refractivity contribution in [2.24, 2.45) is 0 Å². The van der Waals surface area contributed by atoms with Crippen molar-refractivity contribution < 1.29 is 27.4 Å². The van der Waals surface area contributed by atoms with Crippen LogP contribution < -0.4 is 4.74 Å². The Morgan fingerprint density at radius 3 is 2.32 bits per heavy atom. The van der Waals surface area contributed by atoms with E-state index in [2.05, 4.69) is 14.3 Å². The van der Waals surface area contributed by atoms with Gasteiger partial charge >= 0.3 is 5.97 Å². The summed E-state index contributed by atoms with van der Waals surface area (Å²) in [6.45, 7) is 8.75. The molecule has 7 nitrogen and oxygen atoms in total. The van der Waals surface area contributed by atoms with Crippen LogP contribution in [0.4, 0.5) is 13.2 Å². The summed E-state index contributed by atoms with van der Waals surface area (Å²) in [7, 11) is 1.55. The van der Waals surface area contributed by atoms with Gasteiger partial charge in [-0.15, -0.1) is 0 Å². The zero-order valence-electron chi connectivity index (χ0n) is 21.7. The van der Waals surface area contributed by atoms with E-state index in [1.165, 1.54) is 4.90 Å². The van der Waals surface area contributed by atoms with Crippen molar-refractivity contribution in [2.45, 2.75) is 52.6 Å². The number of piperazine rings is 1. The number of carbonyl (C=O) groups is 1. The first-order chi connectivity index (χ1) is 17.6. The van der Waals surface area contributed by atoms with Crippen molar-refractivity contribution in [2.75, 3.05) is 33.3 Å². The maximum Gasteiger partial charge on any atom is 0.338 e. The number of methoxy groups -OCH3 is 1. The molecule has 0 aliphatic carbocycles. The predicted octanol–water partition coefficient (Wildman–Crippen LogP) is 5.12. The highest BCUT2D eigenvalue weighted by molar-refractivity contribution is 5.95. The second kappa shape index (κ2) is 11.1. The maximum absolute atomic E-state index is 13.9. The number of fused-ring (bicyclic) bond motifs is 1. The van der Waals surface area contributed by atoms with Gasteiger partial charge in [0.1, 0.15) is 0 Å². The Bertz CT molecular complexity index is 1260. The van der Waals surface area contributed by atoms with Crippen LogP contribution in [0.15, 0.2) is 36.7 Å². The van der Waals surface area contributed by atoms with Crippen molar-refractivity contribution >= 4 is 11.5 Å². The largest absolute Gasteiger partial charge is 0.481 e. The Balaban J connectivity index is 1.78. The zero-order valence-corrected chi connectivity index (χ0v) is 21.7. The lowest BCUT2D eigenvalue weighted by molar-refractivity contribution is -0.0688. The fraction of sp³-hybridized carbons (Fsp3) is 0.481. The maximum atomic E-state index is 13.9. The Hall–Kier alpha value is -3.11. The molecule has 0 N–H and O–H groups in total. The second-order valence-corrected chi connectivity index (χ2v) is 9.55. The van der Waals surface area contributed by atoms with Crippen LogP contribution in [0.1, 0.15) is 48.4 Å². The smallest absolute Gasteiger partial charge is 0.338 e. The van der Waals surface area contributed by atoms with Gasteiger partial charge in [0.05, 0.1) is 24.3 Å². The van der Waals surface area contributed by atoms with Crippen LogP contribution in [0.2, 0.25) is 0 Å². The quantitative estimate of drug-likeness (QED) is 0.305. The molecule has 1 saturated heterocycles. The molecule has 0 saturated carbocycles. The summed E-state index contributed by atoms with van der Waals surface area (Å²) in [6.07, 6.45) is -1.95. The SMILES string of the molecule is COc1cc(-c2ccn3c(C(C)N4CCN(C(F)C(F)F)CC4)c(C)c(C(=O)OC(C)C)cc23)ccn1. The highest BCUT2D eigenvalue weighted by Crippen LogP contribution is 2.35. The molecule has 0 bridgehead atoms. The summed E-state index contributed by atoms with van der Waals surface area (Å²) in [5.41, 5.74) is 4.73. The number of aromatic nitrogens is 2. The molecule has 0 amide bonds. The monoisotopic (exact) mass is 518 g/mol. The summed E-state index contributed by atoms with van der Waals surface area (Å²) >= 11 is 0. The van der Waals surface area contributed by atoms with Crippen LogP contribution in [0.25, 0.3) is 16.6 Å². The van der Waals surface area contributed by atoms with Crippen molar-refractivity contribution in [3.8, 4) is 17.0 Å². The van der Waals surface area contributed by atoms with Crippen LogP contribution in [-0.2, 0) is 4.74 Å². The molecule has 0 aromatic carbocycles. The molecule has 4 rings (SSSR count). The molecule has 4 heterocycles. The van der Waals surface area contributed by atoms with Gasteiger partial charge in [-0.2, -0.15) is 0 Å². The minimum absolute atomic E-state index is 0.173. The minimum Gasteiger partial charge on any atom is -0.481 e. The van der Waals surface area contributed by atoms with E-state index in [4.69, 9.17) is 9.47 Å². The highest BCUT2D eigenvalue weighted by Gasteiger charge is 2.33. The van der Waals surface area contributed by atoms with Crippen LogP contribution in [0.3, 0.4) is 0 Å². The summed E-state index contributed by atoms with van der Waals surface area (Å²) in [5, 5.41) is 0. The standard InChI is InChI=1S/C27H33F3N4O3/c1-16(2)37-27(35)21-15-22-20(19-6-8-31-23(14-19)36-5)7-9-34(22)24(17(21)3)18(4)32-10-12-33(13-11-32)26(30)25(28)29/h6-9,14-16,18,25-26H,10-13H2,1-5H3. The molecule has 37 heavy (non-hydrogen) atoms. The lowest BCUT2D eigenvalue weighted by atomic mass is 9.99. The number of alkyl halides is 3. The molecular weight excluding hydrogens is 485 g/mol. The van der Waals surface area contributed by atoms with E-state index >= 15 is 0 Å². The van der Waals surface area contributed by atoms with E-state index in [-0.39, 0.29) is 25.2 Å². The predicted molar refractivity (Wildman–Crippen MR) is 135 cm³/mol. The molecule has 2 unspecified atom stereocenters. The summed E-state index contributed by atoms with van der Waals surface area (Å²) in [6, 6.07) is 7.36. The van der Waals surface area contributed by atoms with Crippen molar-refractivity contribution in [3.05, 3.63) is 53.5 Å². The second-order valence-electron chi connectivity index (χ2n) is 9.55. The topological polar surface area (TPSA) is 59.3 Å². The van der Waals surface area contributed by atoms with Crippen molar-refractivity contribution in [3.63, 3.8) is 0 Å². The third-order valence-corrected chi connectivity index (χ3v) is 6.92. The Morgan fingerprint density at radius 1 is 1.03 bits per heavy atom. The van der Waals surface area contributed by atoms with Crippen molar-refractivity contribution in [1.82, 2.24) is 19.2 Å². The normalized spacial score (nSPS) is 16.9. The molecule has 1 aliphatic heterocycles. The van der Waals surface area contributed by atoms with E-state index in [1.807, 2.05) is 44.3 Å². The van der Waals surface area contributed by atoms with Gasteiger partial charge in [0.25, 0.3) is 6.43 Å². The number of hydrogen-bond acceptors (Lipinski definition) is 6. The Labute approximate surface area is 214 Å². The fourth-order valence-electron chi connectivity index (χ4n) is 5.01. The van der Waals surface area contributed by atoms with Crippen LogP contribution >= 0.6 is 0 Å². The number of rotatable bonds is 8. The molecule has 3 aromatic rings. The number of pyridine rings is 2. The summed E-state index contributed by atoms with van der Waals surface area (Å²) < 4.78 is 52.5. The number of ether oxygens (including phenoxy) is 2. The number of carbonyl (C=O) groups excluding carboxylic acids is 1. The molecular formula is C27H33F3N4O3. The molecule has 1 fully saturated rings. The van der Waals surface area contributed by atoms with E-state index in [1.54, 1.807) is 27.2 Å². The molecule has 10 heteroatoms. The van der Waals surface area contributed by atoms with Crippen LogP contribution in [0.5, 0.6) is 5.88 Å². The molecule has 200 valence electrons. The first kappa shape index (κ1) is 26.9. The molecule has 0 spiro atoms. The van der Waals surface area contributed by atoms with Gasteiger partial charge < -0.3 is 13.9 Å². The molecule has 3 aromatic heterocycles. The van der Waals surface area contributed by atoms with E-state index < -0.39 is 18.7 Å². The zero-order chi connectivity index (χ0) is 26.9. The Kier molecular flexibility index (Phi) is 8.08. The number of hydrogen-bond donors (Lipinski definition) is 0. The van der Waals surface area contributed by atoms with Crippen molar-refractivity contribution in [1.29, 1.82) is 0 Å². The fourth-order valence-corrected chi connectivity index (χ4v) is 5.01. The summed E-state index contributed by atoms with van der Waals surface area (Å²) in [5.74, 6) is 0.0646. The third kappa shape index (κ3) is 5.45. The van der Waals surface area contributed by atoms with Gasteiger partial charge in [0.2, 0.25) is 12.2 Å². The van der Waals surface area contributed by atoms with Crippen LogP contribution in [-0.4, -0.2) is 77.3 Å². The Morgan fingerprint density at radius 2 is 1.70 bits per heavy atom. The minimum atomic E-state index is -3.03. The van der Waals surface area contributed by atoms with Gasteiger partial charge in [0.15, 0.2) is 0 Å². The van der Waals surface area contributed by atoms with E-state index in [9.17, 15) is 18.0 Å². The van der Waals surface area contributed by atoms with E-state index in [0.717, 1.165) is 27.9 Å². The van der Waals surface area contributed by atoms with Gasteiger partial charge in [0, 0.05) is 61.9 Å². The van der Waals surface area contributed by atoms with Gasteiger partial charge in [-0.3, -0.25) is 9.80 Å². The molecule has 0 radical (unpaired) electrons. The lowest BCUT2D eigenvalue weighted by Gasteiger charge is -2.39. The highest BCUT2D eigenvalue weighted by atomic mass is 19.3. The number of esters is 1. The first-order valence-corrected chi connectivity index (χ1v) is 12.4. The van der Waals surface area contributed by atoms with Gasteiger partial charge in [-0.05, 0) is 57.0 Å². The average Bonchev–Trinajstić information content (AvgIpc) is 3.30. The first-order valence-electron chi connectivity index (χ1n) is 12.4. The number of halogens is 3. The third-order valence-electron chi connectivity index (χ3n) is 6.92. The van der Waals surface area contributed by atoms with Gasteiger partial charge in [-0.1, -0.05) is 0 Å². The average molecular weight is 519 g/mol. The lowest BCUT2D eigenvalue weighted by Crippen LogP contribution is -2.51. The van der Waals surface area contributed by atoms with Gasteiger partial charge in [-0.25, -0.2) is 22.9 Å². The van der Waals surface area contributed by atoms with E-state index in [0.29, 0.717) is 24.5 Å². The van der Waals surface area contributed by atoms with Crippen LogP contribution in [0, 0.1) is 6.92 Å². The molecule has 1 aliphatic rings. The molecule has 2 atom stereocenters. The number of nitrogens with zero attached hydrogens (tertiary/aromatic N) is 4. The summed E-state index contributed by atoms with van der Waals surface area (Å²) in [4.78, 5) is 20.6.